The molecule has 4 atom stereocenters. The number of ether oxygens (including phenoxy) is 3. The third kappa shape index (κ3) is 6.84. The number of cyclic esters (lactones) is 1. The van der Waals surface area contributed by atoms with Crippen molar-refractivity contribution in [2.75, 3.05) is 13.2 Å². The highest BCUT2D eigenvalue weighted by atomic mass is 35.5. The minimum absolute atomic E-state index is 0. The summed E-state index contributed by atoms with van der Waals surface area (Å²) in [7, 11) is 0. The molecule has 2 rings (SSSR count). The van der Waals surface area contributed by atoms with Crippen LogP contribution in [0.25, 0.3) is 0 Å². The maximum atomic E-state index is 12.0. The summed E-state index contributed by atoms with van der Waals surface area (Å²) in [6.07, 6.45) is 1.49. The maximum absolute atomic E-state index is 12.0. The number of hydrogen-bond donors (Lipinski definition) is 1. The van der Waals surface area contributed by atoms with E-state index in [4.69, 9.17) is 19.9 Å². The molecule has 0 spiro atoms. The lowest BCUT2D eigenvalue weighted by molar-refractivity contribution is -0.153. The topological polar surface area (TPSA) is 70.8 Å². The molecule has 1 saturated heterocycles. The van der Waals surface area contributed by atoms with E-state index in [2.05, 4.69) is 13.8 Å². The largest absolute Gasteiger partial charge is 0.488 e. The monoisotopic (exact) mass is 371 g/mol. The number of para-hydroxylation sites is 1. The second kappa shape index (κ2) is 10.6. The first-order chi connectivity index (χ1) is 11.5. The fourth-order valence-electron chi connectivity index (χ4n) is 2.90. The van der Waals surface area contributed by atoms with E-state index in [1.165, 1.54) is 0 Å². The molecule has 6 heteroatoms. The Labute approximate surface area is 156 Å². The first-order valence-corrected chi connectivity index (χ1v) is 8.73. The summed E-state index contributed by atoms with van der Waals surface area (Å²) < 4.78 is 17.4. The Morgan fingerprint density at radius 1 is 1.24 bits per heavy atom. The van der Waals surface area contributed by atoms with E-state index in [1.54, 1.807) is 0 Å². The van der Waals surface area contributed by atoms with Crippen molar-refractivity contribution in [1.29, 1.82) is 0 Å². The van der Waals surface area contributed by atoms with Gasteiger partial charge in [-0.15, -0.1) is 12.4 Å². The van der Waals surface area contributed by atoms with Crippen LogP contribution in [0.3, 0.4) is 0 Å². The molecule has 5 nitrogen and oxygen atoms in total. The van der Waals surface area contributed by atoms with Crippen molar-refractivity contribution in [3.05, 3.63) is 30.3 Å². The molecular weight excluding hydrogens is 342 g/mol. The molecule has 0 bridgehead atoms. The van der Waals surface area contributed by atoms with Gasteiger partial charge in [0.2, 0.25) is 0 Å². The molecule has 0 aliphatic carbocycles. The molecule has 0 amide bonds. The second-order valence-corrected chi connectivity index (χ2v) is 6.89. The number of esters is 1. The van der Waals surface area contributed by atoms with Crippen LogP contribution in [0, 0.1) is 11.8 Å². The highest BCUT2D eigenvalue weighted by Gasteiger charge is 2.34. The standard InChI is InChI=1S/C19H29NO4.ClH/c1-13(2)9-10-16-14(3)23-19(21)17(20)11-22-12-18(16)24-15-7-5-4-6-8-15;/h4-8,13-14,16-18H,9-12,20H2,1-3H3;1H/t14-,16-,17-,18-;/m0./s1. The van der Waals surface area contributed by atoms with E-state index in [-0.39, 0.29) is 37.1 Å². The summed E-state index contributed by atoms with van der Waals surface area (Å²) in [5, 5.41) is 0. The van der Waals surface area contributed by atoms with Gasteiger partial charge in [0.05, 0.1) is 13.2 Å². The quantitative estimate of drug-likeness (QED) is 0.805. The Bertz CT molecular complexity index is 511. The average Bonchev–Trinajstić information content (AvgIpc) is 2.58. The van der Waals surface area contributed by atoms with Crippen LogP contribution in [0.15, 0.2) is 30.3 Å². The van der Waals surface area contributed by atoms with Gasteiger partial charge in [0, 0.05) is 5.92 Å². The zero-order chi connectivity index (χ0) is 17.5. The molecule has 1 heterocycles. The van der Waals surface area contributed by atoms with Crippen molar-refractivity contribution in [3.8, 4) is 5.75 Å². The molecule has 25 heavy (non-hydrogen) atoms. The molecule has 142 valence electrons. The first-order valence-electron chi connectivity index (χ1n) is 8.73. The zero-order valence-corrected chi connectivity index (χ0v) is 16.0. The highest BCUT2D eigenvalue weighted by Crippen LogP contribution is 2.27. The van der Waals surface area contributed by atoms with Crippen LogP contribution in [0.1, 0.15) is 33.6 Å². The van der Waals surface area contributed by atoms with Crippen LogP contribution < -0.4 is 10.5 Å². The van der Waals surface area contributed by atoms with Gasteiger partial charge in [0.1, 0.15) is 24.0 Å². The van der Waals surface area contributed by atoms with Crippen molar-refractivity contribution in [2.45, 2.75) is 51.9 Å². The summed E-state index contributed by atoms with van der Waals surface area (Å²) in [4.78, 5) is 12.0. The van der Waals surface area contributed by atoms with Crippen molar-refractivity contribution < 1.29 is 19.0 Å². The van der Waals surface area contributed by atoms with E-state index in [0.717, 1.165) is 18.6 Å². The minimum Gasteiger partial charge on any atom is -0.488 e. The summed E-state index contributed by atoms with van der Waals surface area (Å²) in [6.45, 7) is 6.84. The lowest BCUT2D eigenvalue weighted by Crippen LogP contribution is -2.40. The van der Waals surface area contributed by atoms with Gasteiger partial charge >= 0.3 is 5.97 Å². The van der Waals surface area contributed by atoms with Gasteiger partial charge in [0.25, 0.3) is 0 Å². The molecule has 1 aliphatic heterocycles. The fourth-order valence-corrected chi connectivity index (χ4v) is 2.90. The van der Waals surface area contributed by atoms with E-state index >= 15 is 0 Å². The summed E-state index contributed by atoms with van der Waals surface area (Å²) in [5.41, 5.74) is 5.80. The van der Waals surface area contributed by atoms with E-state index in [1.807, 2.05) is 37.3 Å². The maximum Gasteiger partial charge on any atom is 0.325 e. The van der Waals surface area contributed by atoms with Gasteiger partial charge in [-0.25, -0.2) is 0 Å². The van der Waals surface area contributed by atoms with Crippen molar-refractivity contribution in [2.24, 2.45) is 17.6 Å². The lowest BCUT2D eigenvalue weighted by Gasteiger charge is -2.31. The number of benzene rings is 1. The van der Waals surface area contributed by atoms with Gasteiger partial charge in [-0.3, -0.25) is 4.79 Å². The number of carbonyl (C=O) groups excluding carboxylic acids is 1. The molecule has 0 aromatic heterocycles. The molecule has 1 aromatic rings. The van der Waals surface area contributed by atoms with Crippen LogP contribution in [-0.4, -0.2) is 37.4 Å². The SMILES string of the molecule is CC(C)CC[C@H]1[C@H](C)OC(=O)[C@@H](N)COC[C@@H]1Oc1ccccc1.Cl. The van der Waals surface area contributed by atoms with E-state index in [9.17, 15) is 4.79 Å². The van der Waals surface area contributed by atoms with E-state index < -0.39 is 12.0 Å². The number of carbonyl (C=O) groups is 1. The molecule has 1 fully saturated rings. The molecule has 0 radical (unpaired) electrons. The van der Waals surface area contributed by atoms with Crippen LogP contribution in [0.2, 0.25) is 0 Å². The minimum atomic E-state index is -0.742. The van der Waals surface area contributed by atoms with Gasteiger partial charge in [0.15, 0.2) is 0 Å². The Kier molecular flexibility index (Phi) is 9.25. The van der Waals surface area contributed by atoms with Crippen LogP contribution in [-0.2, 0) is 14.3 Å². The lowest BCUT2D eigenvalue weighted by atomic mass is 9.89. The third-order valence-electron chi connectivity index (χ3n) is 4.37. The highest BCUT2D eigenvalue weighted by molar-refractivity contribution is 5.85. The summed E-state index contributed by atoms with van der Waals surface area (Å²) in [6, 6.07) is 8.94. The Morgan fingerprint density at radius 2 is 1.92 bits per heavy atom. The average molecular weight is 372 g/mol. The predicted octanol–water partition coefficient (Wildman–Crippen LogP) is 3.20. The van der Waals surface area contributed by atoms with Gasteiger partial charge in [-0.05, 0) is 31.4 Å². The summed E-state index contributed by atoms with van der Waals surface area (Å²) >= 11 is 0. The number of rotatable bonds is 5. The van der Waals surface area contributed by atoms with Crippen molar-refractivity contribution in [1.82, 2.24) is 0 Å². The molecule has 1 aliphatic rings. The van der Waals surface area contributed by atoms with Gasteiger partial charge in [-0.2, -0.15) is 0 Å². The van der Waals surface area contributed by atoms with Gasteiger partial charge < -0.3 is 19.9 Å². The van der Waals surface area contributed by atoms with Crippen LogP contribution >= 0.6 is 12.4 Å². The number of halogens is 1. The van der Waals surface area contributed by atoms with Crippen LogP contribution in [0.5, 0.6) is 5.75 Å². The summed E-state index contributed by atoms with van der Waals surface area (Å²) in [5.74, 6) is 1.02. The first kappa shape index (κ1) is 21.7. The normalized spacial score (nSPS) is 27.5. The molecule has 1 aromatic carbocycles. The predicted molar refractivity (Wildman–Crippen MR) is 100 cm³/mol. The van der Waals surface area contributed by atoms with Crippen LogP contribution in [0.4, 0.5) is 0 Å². The number of hydrogen-bond acceptors (Lipinski definition) is 5. The molecule has 0 saturated carbocycles. The smallest absolute Gasteiger partial charge is 0.325 e. The Morgan fingerprint density at radius 3 is 2.56 bits per heavy atom. The molecule has 0 unspecified atom stereocenters. The van der Waals surface area contributed by atoms with Crippen molar-refractivity contribution >= 4 is 18.4 Å². The Balaban J connectivity index is 0.00000312. The molecule has 2 N–H and O–H groups in total. The van der Waals surface area contributed by atoms with Gasteiger partial charge in [-0.1, -0.05) is 38.5 Å². The third-order valence-corrected chi connectivity index (χ3v) is 4.37. The Hall–Kier alpha value is -1.30. The van der Waals surface area contributed by atoms with E-state index in [0.29, 0.717) is 12.5 Å². The zero-order valence-electron chi connectivity index (χ0n) is 15.2. The van der Waals surface area contributed by atoms with Crippen molar-refractivity contribution in [3.63, 3.8) is 0 Å². The fraction of sp³-hybridized carbons (Fsp3) is 0.632. The molecular formula is C19H30ClNO4. The second-order valence-electron chi connectivity index (χ2n) is 6.89. The number of nitrogens with two attached hydrogens (primary N) is 1.